The van der Waals surface area contributed by atoms with Gasteiger partial charge in [0, 0.05) is 33.6 Å². The van der Waals surface area contributed by atoms with Gasteiger partial charge in [0.05, 0.1) is 28.3 Å². The standard InChI is InChI=1S/C32H31BN2O2/c1-31(2)32(3,4)37-33(36-31)22-15-17-29-27(21-22)25-16-18-28-26(19-20-34(28)23-11-7-5-8-12-23)30(25)35(29)24-13-9-6-10-14-24/h5-13,15-21,24H,14H2,1-4H3. The molecule has 1 saturated heterocycles. The molecule has 0 spiro atoms. The van der Waals surface area contributed by atoms with E-state index in [2.05, 4.69) is 134 Å². The molecule has 184 valence electrons. The molecular formula is C32H31BN2O2. The SMILES string of the molecule is CC1(C)OB(c2ccc3c(c2)c2ccc4c(ccn4-c4ccccc4)c2n3C2C=CC=CC2)OC1(C)C. The van der Waals surface area contributed by atoms with E-state index in [9.17, 15) is 0 Å². The van der Waals surface area contributed by atoms with Crippen LogP contribution in [-0.4, -0.2) is 27.5 Å². The van der Waals surface area contributed by atoms with E-state index in [1.807, 2.05) is 0 Å². The third-order valence-corrected chi connectivity index (χ3v) is 8.50. The van der Waals surface area contributed by atoms with Crippen molar-refractivity contribution >= 4 is 45.3 Å². The van der Waals surface area contributed by atoms with Crippen LogP contribution >= 0.6 is 0 Å². The Morgan fingerprint density at radius 1 is 0.784 bits per heavy atom. The third-order valence-electron chi connectivity index (χ3n) is 8.50. The average molecular weight is 486 g/mol. The van der Waals surface area contributed by atoms with E-state index >= 15 is 0 Å². The number of hydrogen-bond acceptors (Lipinski definition) is 2. The minimum atomic E-state index is -0.381. The second-order valence-electron chi connectivity index (χ2n) is 11.3. The Morgan fingerprint density at radius 3 is 2.27 bits per heavy atom. The van der Waals surface area contributed by atoms with E-state index < -0.39 is 0 Å². The number of rotatable bonds is 3. The van der Waals surface area contributed by atoms with Crippen LogP contribution in [0.1, 0.15) is 40.2 Å². The Hall–Kier alpha value is -3.54. The third kappa shape index (κ3) is 3.38. The quantitative estimate of drug-likeness (QED) is 0.255. The summed E-state index contributed by atoms with van der Waals surface area (Å²) in [6.45, 7) is 8.42. The van der Waals surface area contributed by atoms with Crippen molar-refractivity contribution in [3.8, 4) is 5.69 Å². The maximum atomic E-state index is 6.40. The predicted molar refractivity (Wildman–Crippen MR) is 154 cm³/mol. The zero-order valence-corrected chi connectivity index (χ0v) is 21.8. The molecule has 0 bridgehead atoms. The molecule has 3 aromatic carbocycles. The second kappa shape index (κ2) is 7.98. The van der Waals surface area contributed by atoms with E-state index in [0.717, 1.165) is 11.9 Å². The van der Waals surface area contributed by atoms with Gasteiger partial charge in [-0.25, -0.2) is 0 Å². The zero-order valence-electron chi connectivity index (χ0n) is 21.8. The van der Waals surface area contributed by atoms with Crippen molar-refractivity contribution in [2.75, 3.05) is 0 Å². The first-order valence-electron chi connectivity index (χ1n) is 13.2. The molecule has 4 nitrogen and oxygen atoms in total. The van der Waals surface area contributed by atoms with Gasteiger partial charge in [0.25, 0.3) is 0 Å². The van der Waals surface area contributed by atoms with Gasteiger partial charge < -0.3 is 18.4 Å². The monoisotopic (exact) mass is 486 g/mol. The molecule has 1 fully saturated rings. The fraction of sp³-hybridized carbons (Fsp3) is 0.250. The molecular weight excluding hydrogens is 455 g/mol. The molecule has 0 amide bonds. The smallest absolute Gasteiger partial charge is 0.399 e. The lowest BCUT2D eigenvalue weighted by Gasteiger charge is -2.32. The summed E-state index contributed by atoms with van der Waals surface area (Å²) in [4.78, 5) is 0. The first kappa shape index (κ1) is 22.6. The summed E-state index contributed by atoms with van der Waals surface area (Å²) in [5, 5.41) is 3.76. The normalized spacial score (nSPS) is 20.5. The fourth-order valence-corrected chi connectivity index (χ4v) is 5.82. The van der Waals surface area contributed by atoms with Crippen molar-refractivity contribution in [1.82, 2.24) is 9.13 Å². The lowest BCUT2D eigenvalue weighted by molar-refractivity contribution is 0.00578. The van der Waals surface area contributed by atoms with E-state index in [1.54, 1.807) is 0 Å². The van der Waals surface area contributed by atoms with Crippen molar-refractivity contribution in [3.05, 3.63) is 97.2 Å². The summed E-state index contributed by atoms with van der Waals surface area (Å²) >= 11 is 0. The minimum Gasteiger partial charge on any atom is -0.399 e. The molecule has 1 unspecified atom stereocenters. The van der Waals surface area contributed by atoms with E-state index in [-0.39, 0.29) is 24.4 Å². The van der Waals surface area contributed by atoms with Crippen LogP contribution in [0, 0.1) is 0 Å². The molecule has 2 aliphatic rings. The molecule has 1 atom stereocenters. The zero-order chi connectivity index (χ0) is 25.4. The van der Waals surface area contributed by atoms with Crippen molar-refractivity contribution in [2.24, 2.45) is 0 Å². The first-order valence-corrected chi connectivity index (χ1v) is 13.2. The van der Waals surface area contributed by atoms with Gasteiger partial charge in [-0.1, -0.05) is 60.7 Å². The van der Waals surface area contributed by atoms with Crippen LogP contribution in [0.15, 0.2) is 97.2 Å². The molecule has 37 heavy (non-hydrogen) atoms. The van der Waals surface area contributed by atoms with Crippen molar-refractivity contribution in [3.63, 3.8) is 0 Å². The molecule has 1 aliphatic carbocycles. The van der Waals surface area contributed by atoms with Gasteiger partial charge in [-0.15, -0.1) is 0 Å². The predicted octanol–water partition coefficient (Wildman–Crippen LogP) is 7.09. The number of para-hydroxylation sites is 1. The van der Waals surface area contributed by atoms with Gasteiger partial charge in [0.15, 0.2) is 0 Å². The molecule has 0 saturated carbocycles. The van der Waals surface area contributed by atoms with Crippen LogP contribution in [0.5, 0.6) is 0 Å². The Kier molecular flexibility index (Phi) is 4.88. The number of aromatic nitrogens is 2. The number of benzene rings is 3. The Morgan fingerprint density at radius 2 is 1.54 bits per heavy atom. The van der Waals surface area contributed by atoms with Gasteiger partial charge in [-0.2, -0.15) is 0 Å². The number of fused-ring (bicyclic) bond motifs is 5. The maximum absolute atomic E-state index is 6.40. The van der Waals surface area contributed by atoms with Gasteiger partial charge in [0.2, 0.25) is 0 Å². The van der Waals surface area contributed by atoms with E-state index in [1.165, 1.54) is 38.4 Å². The van der Waals surface area contributed by atoms with Crippen LogP contribution in [0.3, 0.4) is 0 Å². The Balaban J connectivity index is 1.47. The van der Waals surface area contributed by atoms with Gasteiger partial charge in [-0.05, 0) is 69.9 Å². The molecule has 1 aliphatic heterocycles. The number of nitrogens with zero attached hydrogens (tertiary/aromatic N) is 2. The van der Waals surface area contributed by atoms with Crippen LogP contribution in [-0.2, 0) is 9.31 Å². The average Bonchev–Trinajstić information content (AvgIpc) is 3.54. The second-order valence-corrected chi connectivity index (χ2v) is 11.3. The highest BCUT2D eigenvalue weighted by Gasteiger charge is 2.51. The first-order chi connectivity index (χ1) is 17.8. The Bertz CT molecular complexity index is 1710. The summed E-state index contributed by atoms with van der Waals surface area (Å²) < 4.78 is 17.6. The maximum Gasteiger partial charge on any atom is 0.494 e. The van der Waals surface area contributed by atoms with Gasteiger partial charge in [-0.3, -0.25) is 0 Å². The van der Waals surface area contributed by atoms with Gasteiger partial charge in [0.1, 0.15) is 0 Å². The highest BCUT2D eigenvalue weighted by molar-refractivity contribution is 6.62. The van der Waals surface area contributed by atoms with Crippen LogP contribution in [0.2, 0.25) is 0 Å². The topological polar surface area (TPSA) is 28.3 Å². The summed E-state index contributed by atoms with van der Waals surface area (Å²) in [5.74, 6) is 0. The molecule has 0 radical (unpaired) electrons. The lowest BCUT2D eigenvalue weighted by Crippen LogP contribution is -2.41. The van der Waals surface area contributed by atoms with Crippen LogP contribution in [0.4, 0.5) is 0 Å². The van der Waals surface area contributed by atoms with Crippen molar-refractivity contribution < 1.29 is 9.31 Å². The number of allylic oxidation sites excluding steroid dienone is 4. The molecule has 5 aromatic rings. The Labute approximate surface area is 217 Å². The van der Waals surface area contributed by atoms with E-state index in [4.69, 9.17) is 9.31 Å². The minimum absolute atomic E-state index is 0.262. The van der Waals surface area contributed by atoms with Crippen molar-refractivity contribution in [2.45, 2.75) is 51.4 Å². The highest BCUT2D eigenvalue weighted by Crippen LogP contribution is 2.40. The van der Waals surface area contributed by atoms with Crippen molar-refractivity contribution in [1.29, 1.82) is 0 Å². The summed E-state index contributed by atoms with van der Waals surface area (Å²) in [5.41, 5.74) is 5.22. The van der Waals surface area contributed by atoms with E-state index in [0.29, 0.717) is 0 Å². The molecule has 5 heteroatoms. The molecule has 7 rings (SSSR count). The molecule has 2 aromatic heterocycles. The van der Waals surface area contributed by atoms with Crippen LogP contribution < -0.4 is 5.46 Å². The molecule has 3 heterocycles. The lowest BCUT2D eigenvalue weighted by atomic mass is 9.78. The highest BCUT2D eigenvalue weighted by atomic mass is 16.7. The fourth-order valence-electron chi connectivity index (χ4n) is 5.82. The summed E-state index contributed by atoms with van der Waals surface area (Å²) in [6.07, 6.45) is 12.0. The summed E-state index contributed by atoms with van der Waals surface area (Å²) in [6, 6.07) is 24.3. The summed E-state index contributed by atoms with van der Waals surface area (Å²) in [7, 11) is -0.381. The molecule has 0 N–H and O–H groups in total. The number of hydrogen-bond donors (Lipinski definition) is 0. The largest absolute Gasteiger partial charge is 0.494 e. The van der Waals surface area contributed by atoms with Gasteiger partial charge >= 0.3 is 7.12 Å². The van der Waals surface area contributed by atoms with Crippen LogP contribution in [0.25, 0.3) is 38.4 Å².